The Kier molecular flexibility index (Phi) is 2.89. The van der Waals surface area contributed by atoms with E-state index < -0.39 is 0 Å². The first-order chi connectivity index (χ1) is 7.38. The van der Waals surface area contributed by atoms with Crippen LogP contribution in [0, 0.1) is 5.92 Å². The van der Waals surface area contributed by atoms with E-state index in [4.69, 9.17) is 4.74 Å². The zero-order chi connectivity index (χ0) is 11.9. The Morgan fingerprint density at radius 3 is 2.19 bits per heavy atom. The van der Waals surface area contributed by atoms with Crippen molar-refractivity contribution in [2.75, 3.05) is 0 Å². The molecule has 0 spiro atoms. The third-order valence-electron chi connectivity index (χ3n) is 3.86. The van der Waals surface area contributed by atoms with Crippen LogP contribution in [0.4, 0.5) is 4.79 Å². The monoisotopic (exact) mass is 225 g/mol. The zero-order valence-electron chi connectivity index (χ0n) is 10.8. The molecule has 3 nitrogen and oxygen atoms in total. The van der Waals surface area contributed by atoms with Crippen molar-refractivity contribution in [1.82, 2.24) is 4.90 Å². The summed E-state index contributed by atoms with van der Waals surface area (Å²) in [4.78, 5) is 14.1. The van der Waals surface area contributed by atoms with Crippen molar-refractivity contribution in [3.05, 3.63) is 0 Å². The Balaban J connectivity index is 2.06. The summed E-state index contributed by atoms with van der Waals surface area (Å²) in [5, 5.41) is 0. The van der Waals surface area contributed by atoms with E-state index in [0.717, 1.165) is 12.8 Å². The molecule has 2 saturated heterocycles. The largest absolute Gasteiger partial charge is 0.444 e. The van der Waals surface area contributed by atoms with Gasteiger partial charge in [-0.15, -0.1) is 0 Å². The van der Waals surface area contributed by atoms with Gasteiger partial charge in [-0.3, -0.25) is 0 Å². The van der Waals surface area contributed by atoms with Gasteiger partial charge in [0.1, 0.15) is 5.60 Å². The van der Waals surface area contributed by atoms with Crippen molar-refractivity contribution in [3.8, 4) is 0 Å². The second-order valence-electron chi connectivity index (χ2n) is 6.20. The maximum Gasteiger partial charge on any atom is 0.410 e. The van der Waals surface area contributed by atoms with E-state index in [1.807, 2.05) is 25.7 Å². The molecule has 0 unspecified atom stereocenters. The van der Waals surface area contributed by atoms with Crippen LogP contribution < -0.4 is 0 Å². The molecular formula is C13H23NO2. The van der Waals surface area contributed by atoms with Gasteiger partial charge in [0.15, 0.2) is 0 Å². The maximum atomic E-state index is 12.1. The fraction of sp³-hybridized carbons (Fsp3) is 0.923. The number of amides is 1. The van der Waals surface area contributed by atoms with Crippen LogP contribution in [0.15, 0.2) is 0 Å². The molecule has 1 amide bonds. The van der Waals surface area contributed by atoms with E-state index in [0.29, 0.717) is 18.0 Å². The van der Waals surface area contributed by atoms with Gasteiger partial charge in [0.05, 0.1) is 0 Å². The molecular weight excluding hydrogens is 202 g/mol. The van der Waals surface area contributed by atoms with E-state index in [1.54, 1.807) is 0 Å². The number of fused-ring (bicyclic) bond motifs is 3. The summed E-state index contributed by atoms with van der Waals surface area (Å²) < 4.78 is 5.49. The highest BCUT2D eigenvalue weighted by Gasteiger charge is 2.43. The predicted octanol–water partition coefficient (Wildman–Crippen LogP) is 3.18. The summed E-state index contributed by atoms with van der Waals surface area (Å²) in [5.74, 6) is 0.692. The van der Waals surface area contributed by atoms with Gasteiger partial charge in [-0.2, -0.15) is 0 Å². The lowest BCUT2D eigenvalue weighted by Gasteiger charge is -2.50. The minimum Gasteiger partial charge on any atom is -0.444 e. The van der Waals surface area contributed by atoms with Crippen molar-refractivity contribution in [2.24, 2.45) is 5.92 Å². The Morgan fingerprint density at radius 1 is 1.19 bits per heavy atom. The molecule has 1 saturated carbocycles. The topological polar surface area (TPSA) is 29.5 Å². The summed E-state index contributed by atoms with van der Waals surface area (Å²) in [6.45, 7) is 7.95. The molecule has 0 aromatic heterocycles. The number of rotatable bonds is 0. The molecule has 3 fully saturated rings. The van der Waals surface area contributed by atoms with Crippen molar-refractivity contribution in [2.45, 2.75) is 71.1 Å². The highest BCUT2D eigenvalue weighted by Crippen LogP contribution is 2.39. The molecule has 3 heteroatoms. The first kappa shape index (κ1) is 11.7. The number of hydrogen-bond donors (Lipinski definition) is 0. The second-order valence-corrected chi connectivity index (χ2v) is 6.20. The van der Waals surface area contributed by atoms with Crippen molar-refractivity contribution >= 4 is 6.09 Å². The molecule has 2 bridgehead atoms. The molecule has 2 heterocycles. The second kappa shape index (κ2) is 3.94. The predicted molar refractivity (Wildman–Crippen MR) is 63.3 cm³/mol. The number of carbonyl (C=O) groups excluding carboxylic acids is 1. The lowest BCUT2D eigenvalue weighted by molar-refractivity contribution is -0.0358. The molecule has 92 valence electrons. The fourth-order valence-corrected chi connectivity index (χ4v) is 3.05. The van der Waals surface area contributed by atoms with E-state index >= 15 is 0 Å². The summed E-state index contributed by atoms with van der Waals surface area (Å²) in [5.41, 5.74) is -0.381. The van der Waals surface area contributed by atoms with Gasteiger partial charge in [-0.1, -0.05) is 0 Å². The van der Waals surface area contributed by atoms with Crippen LogP contribution in [0.5, 0.6) is 0 Å². The third-order valence-corrected chi connectivity index (χ3v) is 3.86. The van der Waals surface area contributed by atoms with Crippen molar-refractivity contribution < 1.29 is 9.53 Å². The average molecular weight is 225 g/mol. The quantitative estimate of drug-likeness (QED) is 0.633. The van der Waals surface area contributed by atoms with Gasteiger partial charge in [0.25, 0.3) is 0 Å². The summed E-state index contributed by atoms with van der Waals surface area (Å²) in [6.07, 6.45) is 4.77. The maximum absolute atomic E-state index is 12.1. The molecule has 0 aromatic carbocycles. The fourth-order valence-electron chi connectivity index (χ4n) is 3.05. The van der Waals surface area contributed by atoms with Gasteiger partial charge in [-0.25, -0.2) is 4.79 Å². The highest BCUT2D eigenvalue weighted by molar-refractivity contribution is 5.69. The van der Waals surface area contributed by atoms with Crippen LogP contribution in [0.1, 0.15) is 53.4 Å². The number of hydrogen-bond acceptors (Lipinski definition) is 2. The molecule has 1 aliphatic carbocycles. The molecule has 0 N–H and O–H groups in total. The number of ether oxygens (including phenoxy) is 1. The van der Waals surface area contributed by atoms with Gasteiger partial charge < -0.3 is 9.64 Å². The Labute approximate surface area is 98.1 Å². The first-order valence-corrected chi connectivity index (χ1v) is 6.40. The van der Waals surface area contributed by atoms with E-state index in [-0.39, 0.29) is 11.7 Å². The van der Waals surface area contributed by atoms with E-state index in [1.165, 1.54) is 12.8 Å². The Bertz CT molecular complexity index is 272. The SMILES string of the molecule is C[C@@H]1C2CCC(CC2)N1C(=O)OC(C)(C)C. The van der Waals surface area contributed by atoms with E-state index in [9.17, 15) is 4.79 Å². The molecule has 1 atom stereocenters. The minimum atomic E-state index is -0.381. The molecule has 3 rings (SSSR count). The van der Waals surface area contributed by atoms with Crippen LogP contribution in [-0.2, 0) is 4.74 Å². The molecule has 16 heavy (non-hydrogen) atoms. The molecule has 0 radical (unpaired) electrons. The van der Waals surface area contributed by atoms with Crippen molar-refractivity contribution in [1.29, 1.82) is 0 Å². The smallest absolute Gasteiger partial charge is 0.410 e. The van der Waals surface area contributed by atoms with Gasteiger partial charge in [-0.05, 0) is 59.3 Å². The summed E-state index contributed by atoms with van der Waals surface area (Å²) >= 11 is 0. The standard InChI is InChI=1S/C13H23NO2/c1-9-10-5-7-11(8-6-10)14(9)12(15)16-13(2,3)4/h9-11H,5-8H2,1-4H3/t9-,10?,11?/m1/s1. The lowest BCUT2D eigenvalue weighted by atomic mass is 9.75. The summed E-state index contributed by atoms with van der Waals surface area (Å²) in [6, 6.07) is 0.789. The third kappa shape index (κ3) is 2.18. The van der Waals surface area contributed by atoms with Gasteiger partial charge in [0, 0.05) is 12.1 Å². The Hall–Kier alpha value is -0.730. The molecule has 0 aromatic rings. The average Bonchev–Trinajstić information content (AvgIpc) is 2.16. The highest BCUT2D eigenvalue weighted by atomic mass is 16.6. The first-order valence-electron chi connectivity index (χ1n) is 6.40. The zero-order valence-corrected chi connectivity index (χ0v) is 10.8. The van der Waals surface area contributed by atoms with Gasteiger partial charge in [0.2, 0.25) is 0 Å². The minimum absolute atomic E-state index is 0.116. The lowest BCUT2D eigenvalue weighted by Crippen LogP contribution is -2.57. The van der Waals surface area contributed by atoms with Crippen LogP contribution in [0.3, 0.4) is 0 Å². The van der Waals surface area contributed by atoms with Crippen LogP contribution in [0.2, 0.25) is 0 Å². The van der Waals surface area contributed by atoms with E-state index in [2.05, 4.69) is 6.92 Å². The number of carbonyl (C=O) groups is 1. The summed E-state index contributed by atoms with van der Waals surface area (Å²) in [7, 11) is 0. The number of piperidine rings is 2. The van der Waals surface area contributed by atoms with Crippen LogP contribution in [0.25, 0.3) is 0 Å². The van der Waals surface area contributed by atoms with Crippen molar-refractivity contribution in [3.63, 3.8) is 0 Å². The van der Waals surface area contributed by atoms with Crippen LogP contribution >= 0.6 is 0 Å². The molecule has 3 aliphatic rings. The Morgan fingerprint density at radius 2 is 1.75 bits per heavy atom. The van der Waals surface area contributed by atoms with Crippen LogP contribution in [-0.4, -0.2) is 28.7 Å². The van der Waals surface area contributed by atoms with Gasteiger partial charge >= 0.3 is 6.09 Å². The molecule has 2 aliphatic heterocycles. The number of nitrogens with zero attached hydrogens (tertiary/aromatic N) is 1. The normalized spacial score (nSPS) is 34.0.